The molecular weight excluding hydrogens is 833 g/mol. The molecule has 2 aliphatic rings. The molecule has 0 amide bonds. The number of thiazole rings is 2. The molecule has 6 aromatic heterocycles. The van der Waals surface area contributed by atoms with Crippen LogP contribution in [0.15, 0.2) is 79.3 Å². The molecule has 14 nitrogen and oxygen atoms in total. The third-order valence-corrected chi connectivity index (χ3v) is 12.8. The Morgan fingerprint density at radius 1 is 0.627 bits per heavy atom. The summed E-state index contributed by atoms with van der Waals surface area (Å²) in [7, 11) is 3.00. The first kappa shape index (κ1) is 38.9. The molecule has 0 N–H and O–H groups in total. The van der Waals surface area contributed by atoms with Gasteiger partial charge in [-0.3, -0.25) is 9.59 Å². The predicted molar refractivity (Wildman–Crippen MR) is 231 cm³/mol. The van der Waals surface area contributed by atoms with E-state index < -0.39 is 11.1 Å². The van der Waals surface area contributed by atoms with Crippen LogP contribution in [0.3, 0.4) is 0 Å². The fraction of sp³-hybridized carbons (Fsp3) is 0.317. The average molecular weight is 869 g/mol. The lowest BCUT2D eigenvalue weighted by Crippen LogP contribution is -2.20. The number of aromatic nitrogens is 6. The summed E-state index contributed by atoms with van der Waals surface area (Å²) in [5.41, 5.74) is 1.50. The van der Waals surface area contributed by atoms with E-state index in [-0.39, 0.29) is 44.1 Å². The Bertz CT molecular complexity index is 3100. The maximum atomic E-state index is 13.1. The van der Waals surface area contributed by atoms with E-state index in [1.807, 2.05) is 36.4 Å². The standard InChI is InChI=1S/C21H19N3O4S2.C20H17N3O4S2/c1-26-15-9-10-22-17-18(15)28-21(29)24(19(17)25)20-23-14-8-7-13(11-16(14)30-20)27-12-5-3-2-4-6-12;1-25-14-8-9-21-16-17(14)27-20(28)23(18(16)24)19-22-13-7-6-12(10-15(13)29-19)26-11-4-2-3-5-11/h7-12H,2-6H2,1H3;6-11H,2-5H2,1H3. The van der Waals surface area contributed by atoms with Crippen molar-refractivity contribution in [2.75, 3.05) is 14.2 Å². The highest BCUT2D eigenvalue weighted by atomic mass is 32.1. The Labute approximate surface area is 353 Å². The molecule has 2 aromatic carbocycles. The second-order valence-electron chi connectivity index (χ2n) is 14.1. The van der Waals surface area contributed by atoms with Gasteiger partial charge in [0.2, 0.25) is 21.4 Å². The van der Waals surface area contributed by atoms with Crippen LogP contribution in [0.5, 0.6) is 23.0 Å². The van der Waals surface area contributed by atoms with Crippen molar-refractivity contribution >= 4 is 89.7 Å². The van der Waals surface area contributed by atoms with Crippen molar-refractivity contribution in [3.8, 4) is 33.3 Å². The number of hydrogen-bond donors (Lipinski definition) is 0. The van der Waals surface area contributed by atoms with Crippen LogP contribution in [0, 0.1) is 9.67 Å². The summed E-state index contributed by atoms with van der Waals surface area (Å²) >= 11 is 13.4. The fourth-order valence-electron chi connectivity index (χ4n) is 7.36. The number of ether oxygens (including phenoxy) is 4. The van der Waals surface area contributed by atoms with Gasteiger partial charge >= 0.3 is 0 Å². The highest BCUT2D eigenvalue weighted by molar-refractivity contribution is 7.71. The zero-order valence-corrected chi connectivity index (χ0v) is 35.1. The third-order valence-electron chi connectivity index (χ3n) is 10.3. The molecule has 0 spiro atoms. The topological polar surface area (TPSA) is 159 Å². The zero-order chi connectivity index (χ0) is 40.6. The van der Waals surface area contributed by atoms with E-state index >= 15 is 0 Å². The van der Waals surface area contributed by atoms with E-state index in [2.05, 4.69) is 19.9 Å². The van der Waals surface area contributed by atoms with E-state index in [0.29, 0.717) is 21.8 Å². The van der Waals surface area contributed by atoms with Gasteiger partial charge in [-0.05, 0) is 112 Å². The first-order chi connectivity index (χ1) is 28.8. The van der Waals surface area contributed by atoms with Gasteiger partial charge in [-0.1, -0.05) is 29.1 Å². The monoisotopic (exact) mass is 868 g/mol. The molecule has 10 rings (SSSR count). The van der Waals surface area contributed by atoms with Crippen molar-refractivity contribution in [1.82, 2.24) is 29.1 Å². The minimum atomic E-state index is -0.392. The fourth-order valence-corrected chi connectivity index (χ4v) is 9.96. The van der Waals surface area contributed by atoms with Crippen molar-refractivity contribution in [1.29, 1.82) is 0 Å². The Kier molecular flexibility index (Phi) is 11.0. The normalized spacial score (nSPS) is 14.8. The second-order valence-corrected chi connectivity index (χ2v) is 16.8. The number of fused-ring (bicyclic) bond motifs is 4. The lowest BCUT2D eigenvalue weighted by Gasteiger charge is -2.22. The van der Waals surface area contributed by atoms with Crippen molar-refractivity contribution in [2.24, 2.45) is 0 Å². The summed E-state index contributed by atoms with van der Waals surface area (Å²) in [4.78, 5) is 43.6. The molecule has 0 unspecified atom stereocenters. The van der Waals surface area contributed by atoms with Crippen molar-refractivity contribution < 1.29 is 27.8 Å². The Morgan fingerprint density at radius 3 is 1.47 bits per heavy atom. The lowest BCUT2D eigenvalue weighted by molar-refractivity contribution is 0.155. The summed E-state index contributed by atoms with van der Waals surface area (Å²) in [5.74, 6) is 2.46. The lowest BCUT2D eigenvalue weighted by atomic mass is 9.98. The van der Waals surface area contributed by atoms with E-state index in [9.17, 15) is 9.59 Å². The van der Waals surface area contributed by atoms with Crippen LogP contribution in [0.2, 0.25) is 0 Å². The van der Waals surface area contributed by atoms with E-state index in [1.54, 1.807) is 12.1 Å². The average Bonchev–Trinajstić information content (AvgIpc) is 4.01. The zero-order valence-electron chi connectivity index (χ0n) is 31.9. The summed E-state index contributed by atoms with van der Waals surface area (Å²) in [6.45, 7) is 0. The SMILES string of the molecule is COc1ccnc2c(=O)n(-c3nc4ccc(OC5CCCC5)cc4s3)c(=S)oc12.COc1ccnc2c(=O)n(-c3nc4ccc(OC5CCCCC5)cc4s3)c(=S)oc12. The van der Waals surface area contributed by atoms with Crippen LogP contribution in [0.4, 0.5) is 0 Å². The molecule has 0 saturated heterocycles. The van der Waals surface area contributed by atoms with Crippen LogP contribution in [0.1, 0.15) is 57.8 Å². The van der Waals surface area contributed by atoms with E-state index in [4.69, 9.17) is 52.2 Å². The Hall–Kier alpha value is -5.56. The second kappa shape index (κ2) is 16.6. The van der Waals surface area contributed by atoms with Crippen LogP contribution in [-0.2, 0) is 0 Å². The molecule has 2 fully saturated rings. The number of rotatable bonds is 8. The molecule has 0 atom stereocenters. The molecule has 8 aromatic rings. The molecular formula is C41H36N6O8S4. The first-order valence-corrected chi connectivity index (χ1v) is 21.6. The molecule has 0 radical (unpaired) electrons. The van der Waals surface area contributed by atoms with Crippen molar-refractivity contribution in [3.63, 3.8) is 0 Å². The van der Waals surface area contributed by atoms with Crippen molar-refractivity contribution in [3.05, 3.63) is 91.3 Å². The minimum Gasteiger partial charge on any atom is -0.493 e. The van der Waals surface area contributed by atoms with Gasteiger partial charge in [-0.2, -0.15) is 0 Å². The number of benzene rings is 2. The first-order valence-electron chi connectivity index (χ1n) is 19.1. The van der Waals surface area contributed by atoms with Gasteiger partial charge in [0.25, 0.3) is 20.8 Å². The van der Waals surface area contributed by atoms with Crippen LogP contribution < -0.4 is 30.1 Å². The van der Waals surface area contributed by atoms with Crippen LogP contribution in [-0.4, -0.2) is 55.5 Å². The van der Waals surface area contributed by atoms with Gasteiger partial charge < -0.3 is 27.8 Å². The summed E-state index contributed by atoms with van der Waals surface area (Å²) < 4.78 is 38.5. The van der Waals surface area contributed by atoms with Gasteiger partial charge in [0.1, 0.15) is 11.5 Å². The molecule has 302 valence electrons. The van der Waals surface area contributed by atoms with E-state index in [1.165, 1.54) is 90.5 Å². The smallest absolute Gasteiger partial charge is 0.290 e. The van der Waals surface area contributed by atoms with Crippen LogP contribution in [0.25, 0.3) is 52.9 Å². The van der Waals surface area contributed by atoms with Crippen LogP contribution >= 0.6 is 47.1 Å². The maximum absolute atomic E-state index is 13.1. The molecule has 59 heavy (non-hydrogen) atoms. The highest BCUT2D eigenvalue weighted by Crippen LogP contribution is 2.33. The number of pyridine rings is 2. The van der Waals surface area contributed by atoms with Crippen molar-refractivity contribution in [2.45, 2.75) is 70.0 Å². The van der Waals surface area contributed by atoms with Gasteiger partial charge in [-0.25, -0.2) is 29.1 Å². The van der Waals surface area contributed by atoms with E-state index in [0.717, 1.165) is 57.6 Å². The number of hydrogen-bond acceptors (Lipinski definition) is 16. The highest BCUT2D eigenvalue weighted by Gasteiger charge is 2.21. The summed E-state index contributed by atoms with van der Waals surface area (Å²) in [6.07, 6.45) is 14.1. The largest absolute Gasteiger partial charge is 0.493 e. The van der Waals surface area contributed by atoms with Gasteiger partial charge in [0.15, 0.2) is 22.5 Å². The number of methoxy groups -OCH3 is 2. The third kappa shape index (κ3) is 7.72. The molecule has 2 saturated carbocycles. The summed E-state index contributed by atoms with van der Waals surface area (Å²) in [5, 5.41) is 0.869. The van der Waals surface area contributed by atoms with Gasteiger partial charge in [0, 0.05) is 24.5 Å². The molecule has 0 aliphatic heterocycles. The predicted octanol–water partition coefficient (Wildman–Crippen LogP) is 9.69. The van der Waals surface area contributed by atoms with Gasteiger partial charge in [-0.15, -0.1) is 0 Å². The Morgan fingerprint density at radius 2 is 1.05 bits per heavy atom. The quantitative estimate of drug-likeness (QED) is 0.133. The Balaban J connectivity index is 0.000000152. The molecule has 0 bridgehead atoms. The number of nitrogens with zero attached hydrogens (tertiary/aromatic N) is 6. The van der Waals surface area contributed by atoms with Gasteiger partial charge in [0.05, 0.1) is 46.9 Å². The molecule has 6 heterocycles. The molecule has 18 heteroatoms. The minimum absolute atomic E-state index is 0.00321. The maximum Gasteiger partial charge on any atom is 0.290 e. The summed E-state index contributed by atoms with van der Waals surface area (Å²) in [6, 6.07) is 14.8. The molecule has 2 aliphatic carbocycles.